The first-order valence-electron chi connectivity index (χ1n) is 31.9. The fourth-order valence-corrected chi connectivity index (χ4v) is 13.1. The first-order valence-corrected chi connectivity index (χ1v) is 34.4. The number of hydrogen-bond acceptors (Lipinski definition) is 20. The molecule has 34 heteroatoms. The summed E-state index contributed by atoms with van der Waals surface area (Å²) in [6.07, 6.45) is 0.437. The Bertz CT molecular complexity index is 3470. The number of rotatable bonds is 21. The molecule has 4 aromatic rings. The molecule has 3 aromatic carbocycles. The van der Waals surface area contributed by atoms with Crippen molar-refractivity contribution in [2.24, 2.45) is 17.4 Å². The molecule has 10 atom stereocenters. The van der Waals surface area contributed by atoms with E-state index < -0.39 is 175 Å². The zero-order valence-corrected chi connectivity index (χ0v) is 55.7. The number of unbranched alkanes of at least 4 members (excludes halogenated alkanes) is 1. The van der Waals surface area contributed by atoms with Gasteiger partial charge in [0.15, 0.2) is 0 Å². The molecular formula is C64H86N14O18S2. The number of para-hydroxylation sites is 1. The predicted octanol–water partition coefficient (Wildman–Crippen LogP) is -2.45. The van der Waals surface area contributed by atoms with Crippen molar-refractivity contribution < 1.29 is 87.9 Å². The smallest absolute Gasteiger partial charge is 0.327 e. The molecule has 0 aliphatic carbocycles. The number of aromatic nitrogens is 1. The largest absolute Gasteiger partial charge is 0.508 e. The number of aliphatic carboxylic acids is 2. The van der Waals surface area contributed by atoms with Crippen LogP contribution in [-0.4, -0.2) is 217 Å². The van der Waals surface area contributed by atoms with Crippen molar-refractivity contribution in [1.29, 1.82) is 0 Å². The third kappa shape index (κ3) is 23.6. The van der Waals surface area contributed by atoms with Gasteiger partial charge in [-0.15, -0.1) is 0 Å². The van der Waals surface area contributed by atoms with Gasteiger partial charge in [0.25, 0.3) is 0 Å². The Labute approximate surface area is 571 Å². The number of carbonyl (C=O) groups excluding carboxylic acids is 11. The Morgan fingerprint density at radius 2 is 1.28 bits per heavy atom. The number of phenols is 2. The number of benzene rings is 3. The summed E-state index contributed by atoms with van der Waals surface area (Å²) in [6.45, 7) is 2.15. The fourth-order valence-electron chi connectivity index (χ4n) is 10.8. The lowest BCUT2D eigenvalue weighted by Gasteiger charge is -2.29. The zero-order chi connectivity index (χ0) is 71.6. The molecule has 2 aliphatic rings. The summed E-state index contributed by atoms with van der Waals surface area (Å²) < 4.78 is 0. The van der Waals surface area contributed by atoms with Crippen LogP contribution in [0.2, 0.25) is 0 Å². The van der Waals surface area contributed by atoms with Gasteiger partial charge in [-0.05, 0) is 91.6 Å². The SMILES string of the molecule is CC(C)[C@@H]1NC(=O)[C@@H](NC(=O)[C@H](Cc2ccc(O)cc2)NC(=O)[C@@H]2CCCN2C(=O)CCN)CSSC[C@@H](C(=O)O)NC(=O)[C@H](CC(=O)O)NC(=O)[C@H](Cc2c[nH]c3ccccc23)NC(=O)[C@H](CO)NC(=O)CCNC(=O)[C@H](CCCCN)NC(=O)[C@H](Cc2ccc(O)cc2)NC1=O. The Hall–Kier alpha value is -9.51. The third-order valence-electron chi connectivity index (χ3n) is 16.1. The Morgan fingerprint density at radius 1 is 0.663 bits per heavy atom. The monoisotopic (exact) mass is 1400 g/mol. The van der Waals surface area contributed by atoms with Crippen LogP contribution in [0.1, 0.15) is 81.9 Å². The second kappa shape index (κ2) is 38.4. The molecule has 0 saturated carbocycles. The number of nitrogens with zero attached hydrogens (tertiary/aromatic N) is 1. The van der Waals surface area contributed by atoms with Crippen LogP contribution in [0.3, 0.4) is 0 Å². The number of aromatic amines is 1. The highest BCUT2D eigenvalue weighted by atomic mass is 33.1. The Kier molecular flexibility index (Phi) is 30.4. The molecule has 11 amide bonds. The summed E-state index contributed by atoms with van der Waals surface area (Å²) in [5.74, 6) is -15.4. The van der Waals surface area contributed by atoms with E-state index in [1.54, 1.807) is 38.1 Å². The topological polar surface area (TPSA) is 514 Å². The van der Waals surface area contributed by atoms with Crippen LogP contribution in [0.4, 0.5) is 0 Å². The molecule has 0 unspecified atom stereocenters. The number of hydrogen-bond donors (Lipinski definition) is 18. The second-order valence-electron chi connectivity index (χ2n) is 23.9. The van der Waals surface area contributed by atoms with Gasteiger partial charge in [-0.3, -0.25) is 57.5 Å². The maximum atomic E-state index is 14.9. The molecule has 2 saturated heterocycles. The van der Waals surface area contributed by atoms with Gasteiger partial charge in [0.2, 0.25) is 65.0 Å². The lowest BCUT2D eigenvalue weighted by Crippen LogP contribution is -2.61. The number of carbonyl (C=O) groups is 13. The lowest BCUT2D eigenvalue weighted by molar-refractivity contribution is -0.143. The number of aliphatic hydroxyl groups is 1. The molecule has 0 spiro atoms. The van der Waals surface area contributed by atoms with Crippen molar-refractivity contribution >= 4 is 109 Å². The summed E-state index contributed by atoms with van der Waals surface area (Å²) in [4.78, 5) is 186. The number of aliphatic hydroxyl groups excluding tert-OH is 1. The normalized spacial score (nSPS) is 22.9. The molecule has 2 aliphatic heterocycles. The van der Waals surface area contributed by atoms with Crippen molar-refractivity contribution in [3.63, 3.8) is 0 Å². The van der Waals surface area contributed by atoms with E-state index in [0.717, 1.165) is 21.6 Å². The minimum absolute atomic E-state index is 0.000636. The number of nitrogens with one attached hydrogen (secondary N) is 11. The van der Waals surface area contributed by atoms with Gasteiger partial charge < -0.3 is 100 Å². The number of likely N-dealkylation sites (tertiary alicyclic amines) is 1. The fraction of sp³-hybridized carbons (Fsp3) is 0.484. The Balaban J connectivity index is 1.38. The van der Waals surface area contributed by atoms with E-state index in [1.165, 1.54) is 59.6 Å². The standard InChI is InChI=1S/C64H86N14O18S2/c1-34(2)54-63(94)74-44(27-36-14-18-39(81)19-15-36)56(87)70-42(10-5-6-22-65)55(86)67-24-21-51(82)69-47(31-79)60(91)71-45(28-37-30-68-41-9-4-3-8-40(37)41)58(89)72-46(29-53(84)85)59(90)76-49(64(95)96)33-98-97-32-48(61(92)77-54)75-57(88)43(26-35-12-16-38(80)17-13-35)73-62(93)50-11-7-25-78(50)52(83)20-23-66/h3-4,8-9,12-19,30,34,42-50,54,68,79-81H,5-7,10-11,20-29,31-33,65-66H2,1-2H3,(H,67,86)(H,69,82)(H,70,87)(H,71,91)(H,72,89)(H,73,93)(H,74,94)(H,75,88)(H,76,90)(H,77,92)(H,84,85)(H,95,96)/t42-,43-,44-,45-,46-,47-,48-,49-,50-,54-/m0/s1. The number of aromatic hydroxyl groups is 2. The average molecular weight is 1400 g/mol. The van der Waals surface area contributed by atoms with Crippen LogP contribution in [0.15, 0.2) is 79.0 Å². The highest BCUT2D eigenvalue weighted by Crippen LogP contribution is 2.25. The lowest BCUT2D eigenvalue weighted by atomic mass is 10.00. The van der Waals surface area contributed by atoms with Gasteiger partial charge in [-0.2, -0.15) is 0 Å². The minimum atomic E-state index is -2.00. The van der Waals surface area contributed by atoms with Crippen LogP contribution >= 0.6 is 21.6 Å². The first kappa shape index (κ1) is 77.5. The predicted molar refractivity (Wildman–Crippen MR) is 359 cm³/mol. The van der Waals surface area contributed by atoms with Crippen molar-refractivity contribution in [3.05, 3.63) is 95.7 Å². The van der Waals surface area contributed by atoms with Crippen LogP contribution in [0.5, 0.6) is 11.5 Å². The molecule has 1 aromatic heterocycles. The zero-order valence-electron chi connectivity index (χ0n) is 54.0. The summed E-state index contributed by atoms with van der Waals surface area (Å²) in [6, 6.07) is 2.37. The quantitative estimate of drug-likeness (QED) is 0.0304. The third-order valence-corrected chi connectivity index (χ3v) is 18.5. The molecule has 20 N–H and O–H groups in total. The van der Waals surface area contributed by atoms with E-state index in [0.29, 0.717) is 46.9 Å². The highest BCUT2D eigenvalue weighted by Gasteiger charge is 2.39. The summed E-state index contributed by atoms with van der Waals surface area (Å²) in [7, 11) is 1.54. The minimum Gasteiger partial charge on any atom is -0.508 e. The maximum absolute atomic E-state index is 14.9. The van der Waals surface area contributed by atoms with Crippen molar-refractivity contribution in [2.45, 2.75) is 145 Å². The second-order valence-corrected chi connectivity index (χ2v) is 26.4. The molecule has 32 nitrogen and oxygen atoms in total. The van der Waals surface area contributed by atoms with Crippen molar-refractivity contribution in [2.75, 3.05) is 44.3 Å². The number of amides is 11. The van der Waals surface area contributed by atoms with Crippen LogP contribution in [-0.2, 0) is 81.6 Å². The molecule has 3 heterocycles. The molecular weight excluding hydrogens is 1320 g/mol. The molecule has 98 heavy (non-hydrogen) atoms. The first-order chi connectivity index (χ1) is 46.8. The number of fused-ring (bicyclic) bond motifs is 1. The summed E-state index contributed by atoms with van der Waals surface area (Å²) in [5, 5.41) is 77.0. The number of phenolic OH excluding ortho intramolecular Hbond substituents is 2. The molecule has 2 fully saturated rings. The molecule has 0 radical (unpaired) electrons. The number of carboxylic acid groups (broad SMARTS) is 2. The summed E-state index contributed by atoms with van der Waals surface area (Å²) >= 11 is 0. The van der Waals surface area contributed by atoms with E-state index in [9.17, 15) is 87.9 Å². The number of H-pyrrole nitrogens is 1. The van der Waals surface area contributed by atoms with E-state index in [1.807, 2.05) is 0 Å². The van der Waals surface area contributed by atoms with E-state index in [-0.39, 0.29) is 75.6 Å². The number of nitrogens with two attached hydrogens (primary N) is 2. The summed E-state index contributed by atoms with van der Waals surface area (Å²) in [5.41, 5.74) is 13.4. The molecule has 532 valence electrons. The van der Waals surface area contributed by atoms with Crippen LogP contribution in [0, 0.1) is 5.92 Å². The molecule has 6 rings (SSSR count). The number of carboxylic acids is 2. The van der Waals surface area contributed by atoms with Gasteiger partial charge in [-0.1, -0.05) is 77.9 Å². The van der Waals surface area contributed by atoms with Gasteiger partial charge in [0, 0.05) is 80.3 Å². The highest BCUT2D eigenvalue weighted by molar-refractivity contribution is 8.76. The van der Waals surface area contributed by atoms with Gasteiger partial charge in [0.1, 0.15) is 71.9 Å². The van der Waals surface area contributed by atoms with Gasteiger partial charge in [0.05, 0.1) is 13.0 Å². The van der Waals surface area contributed by atoms with Crippen molar-refractivity contribution in [3.8, 4) is 11.5 Å². The van der Waals surface area contributed by atoms with Gasteiger partial charge >= 0.3 is 11.9 Å². The van der Waals surface area contributed by atoms with E-state index in [2.05, 4.69) is 58.2 Å². The van der Waals surface area contributed by atoms with Gasteiger partial charge in [-0.25, -0.2) is 4.79 Å². The van der Waals surface area contributed by atoms with E-state index >= 15 is 0 Å². The maximum Gasteiger partial charge on any atom is 0.327 e. The van der Waals surface area contributed by atoms with Crippen LogP contribution in [0.25, 0.3) is 10.9 Å². The average Bonchev–Trinajstić information content (AvgIpc) is 1.71. The van der Waals surface area contributed by atoms with Crippen LogP contribution < -0.4 is 64.6 Å². The molecule has 0 bridgehead atoms. The van der Waals surface area contributed by atoms with E-state index in [4.69, 9.17) is 11.5 Å². The van der Waals surface area contributed by atoms with Crippen molar-refractivity contribution in [1.82, 2.24) is 63.1 Å². The Morgan fingerprint density at radius 3 is 1.92 bits per heavy atom.